The molecule has 3 rings (SSSR count). The summed E-state index contributed by atoms with van der Waals surface area (Å²) in [5.74, 6) is -4.79. The third kappa shape index (κ3) is 4.63. The van der Waals surface area contributed by atoms with Crippen molar-refractivity contribution in [1.29, 1.82) is 0 Å². The van der Waals surface area contributed by atoms with Crippen LogP contribution in [-0.2, 0) is 20.2 Å². The van der Waals surface area contributed by atoms with Crippen LogP contribution in [0.5, 0.6) is 5.75 Å². The number of carbonyl (C=O) groups excluding carboxylic acids is 2. The fourth-order valence-corrected chi connectivity index (χ4v) is 3.76. The van der Waals surface area contributed by atoms with Gasteiger partial charge in [-0.15, -0.1) is 0 Å². The minimum Gasteiger partial charge on any atom is -0.480 e. The highest BCUT2D eigenvalue weighted by molar-refractivity contribution is 5.97. The van der Waals surface area contributed by atoms with Crippen molar-refractivity contribution in [2.24, 2.45) is 0 Å². The summed E-state index contributed by atoms with van der Waals surface area (Å²) in [5, 5.41) is 0.641. The Morgan fingerprint density at radius 3 is 2.32 bits per heavy atom. The van der Waals surface area contributed by atoms with Crippen molar-refractivity contribution < 1.29 is 27.8 Å². The lowest BCUT2D eigenvalue weighted by Gasteiger charge is -2.30. The van der Waals surface area contributed by atoms with E-state index in [-0.39, 0.29) is 43.2 Å². The molecular weight excluding hydrogens is 406 g/mol. The Morgan fingerprint density at radius 1 is 1.10 bits per heavy atom. The van der Waals surface area contributed by atoms with Gasteiger partial charge in [-0.2, -0.15) is 8.78 Å². The lowest BCUT2D eigenvalue weighted by molar-refractivity contribution is -0.162. The number of rotatable bonds is 7. The smallest absolute Gasteiger partial charge is 0.350 e. The highest BCUT2D eigenvalue weighted by Crippen LogP contribution is 2.39. The number of hydrogen-bond donors (Lipinski definition) is 0. The second-order valence-corrected chi connectivity index (χ2v) is 7.41. The fourth-order valence-electron chi connectivity index (χ4n) is 3.76. The number of fused-ring (bicyclic) bond motifs is 1. The average Bonchev–Trinajstić information content (AvgIpc) is 2.79. The molecule has 1 heterocycles. The number of nitrogens with zero attached hydrogens (tertiary/aromatic N) is 2. The molecule has 1 fully saturated rings. The van der Waals surface area contributed by atoms with E-state index in [0.29, 0.717) is 24.2 Å². The quantitative estimate of drug-likeness (QED) is 0.670. The first-order chi connectivity index (χ1) is 14.8. The van der Waals surface area contributed by atoms with Gasteiger partial charge in [0.25, 0.3) is 11.8 Å². The van der Waals surface area contributed by atoms with Crippen molar-refractivity contribution >= 4 is 22.6 Å². The molecule has 1 unspecified atom stereocenters. The number of likely N-dealkylation sites (N-methyl/N-ethyl adjacent to an activating group) is 1. The highest BCUT2D eigenvalue weighted by atomic mass is 19.3. The van der Waals surface area contributed by atoms with Gasteiger partial charge >= 0.3 is 5.92 Å². The first-order valence-corrected chi connectivity index (χ1v) is 10.5. The van der Waals surface area contributed by atoms with Gasteiger partial charge in [-0.25, -0.2) is 0 Å². The summed E-state index contributed by atoms with van der Waals surface area (Å²) in [7, 11) is 0. The fraction of sp³-hybridized carbons (Fsp3) is 0.478. The molecule has 6 nitrogen and oxygen atoms in total. The van der Waals surface area contributed by atoms with Crippen molar-refractivity contribution in [3.63, 3.8) is 0 Å². The van der Waals surface area contributed by atoms with Crippen LogP contribution >= 0.6 is 0 Å². The van der Waals surface area contributed by atoms with Gasteiger partial charge in [0.15, 0.2) is 6.10 Å². The second-order valence-electron chi connectivity index (χ2n) is 7.41. The molecule has 0 spiro atoms. The molecule has 1 aliphatic heterocycles. The first-order valence-electron chi connectivity index (χ1n) is 10.5. The van der Waals surface area contributed by atoms with E-state index in [1.807, 2.05) is 13.8 Å². The third-order valence-corrected chi connectivity index (χ3v) is 5.52. The van der Waals surface area contributed by atoms with Gasteiger partial charge in [-0.1, -0.05) is 24.3 Å². The Morgan fingerprint density at radius 2 is 1.71 bits per heavy atom. The van der Waals surface area contributed by atoms with Crippen LogP contribution in [0.2, 0.25) is 0 Å². The molecular formula is C23H28F2N2O4. The number of benzene rings is 2. The number of carbonyl (C=O) groups is 2. The van der Waals surface area contributed by atoms with E-state index in [4.69, 9.17) is 9.47 Å². The Kier molecular flexibility index (Phi) is 7.10. The van der Waals surface area contributed by atoms with Crippen LogP contribution in [0.25, 0.3) is 10.8 Å². The number of ether oxygens (including phenoxy) is 2. The maximum atomic E-state index is 15.3. The summed E-state index contributed by atoms with van der Waals surface area (Å²) in [6.07, 6.45) is -0.773. The van der Waals surface area contributed by atoms with Gasteiger partial charge < -0.3 is 19.3 Å². The zero-order valence-electron chi connectivity index (χ0n) is 18.1. The number of morpholine rings is 1. The molecule has 31 heavy (non-hydrogen) atoms. The standard InChI is InChI=1S/C23H28F2N2O4/c1-4-26(5-2)21(28)16(3)31-20-11-10-19(17-8-6-7-9-18(17)20)23(24,25)22(29)27-12-14-30-15-13-27/h6-11,16H,4-5,12-15H2,1-3H3. The highest BCUT2D eigenvalue weighted by Gasteiger charge is 2.45. The van der Waals surface area contributed by atoms with E-state index in [2.05, 4.69) is 0 Å². The van der Waals surface area contributed by atoms with Crippen LogP contribution in [0.3, 0.4) is 0 Å². The SMILES string of the molecule is CCN(CC)C(=O)C(C)Oc1ccc(C(F)(F)C(=O)N2CCOCC2)c2ccccc12. The van der Waals surface area contributed by atoms with E-state index in [9.17, 15) is 9.59 Å². The molecule has 168 valence electrons. The monoisotopic (exact) mass is 434 g/mol. The molecule has 1 aliphatic rings. The summed E-state index contributed by atoms with van der Waals surface area (Å²) < 4.78 is 41.5. The Hall–Kier alpha value is -2.74. The molecule has 1 saturated heterocycles. The summed E-state index contributed by atoms with van der Waals surface area (Å²) in [6, 6.07) is 9.15. The summed E-state index contributed by atoms with van der Waals surface area (Å²) in [5.41, 5.74) is -0.380. The predicted octanol–water partition coefficient (Wildman–Crippen LogP) is 3.43. The average molecular weight is 434 g/mol. The van der Waals surface area contributed by atoms with E-state index in [1.54, 1.807) is 30.0 Å². The van der Waals surface area contributed by atoms with Crippen molar-refractivity contribution in [1.82, 2.24) is 9.80 Å². The van der Waals surface area contributed by atoms with Crippen molar-refractivity contribution in [3.05, 3.63) is 42.0 Å². The molecule has 0 radical (unpaired) electrons. The van der Waals surface area contributed by atoms with Gasteiger partial charge in [-0.05, 0) is 38.3 Å². The molecule has 2 aromatic rings. The van der Waals surface area contributed by atoms with E-state index >= 15 is 8.78 Å². The lowest BCUT2D eigenvalue weighted by Crippen LogP contribution is -2.47. The van der Waals surface area contributed by atoms with Gasteiger partial charge in [0, 0.05) is 37.1 Å². The Balaban J connectivity index is 1.94. The van der Waals surface area contributed by atoms with E-state index in [1.165, 1.54) is 18.2 Å². The minimum absolute atomic E-state index is 0.137. The van der Waals surface area contributed by atoms with Crippen LogP contribution in [0.1, 0.15) is 26.3 Å². The zero-order chi connectivity index (χ0) is 22.6. The normalized spacial score (nSPS) is 15.6. The Labute approximate surface area is 180 Å². The zero-order valence-corrected chi connectivity index (χ0v) is 18.1. The molecule has 2 amide bonds. The maximum absolute atomic E-state index is 15.3. The molecule has 8 heteroatoms. The maximum Gasteiger partial charge on any atom is 0.350 e. The molecule has 0 aromatic heterocycles. The molecule has 0 aliphatic carbocycles. The van der Waals surface area contributed by atoms with Crippen LogP contribution < -0.4 is 4.74 Å². The van der Waals surface area contributed by atoms with E-state index < -0.39 is 17.9 Å². The van der Waals surface area contributed by atoms with Crippen LogP contribution in [0.4, 0.5) is 8.78 Å². The predicted molar refractivity (Wildman–Crippen MR) is 113 cm³/mol. The largest absolute Gasteiger partial charge is 0.480 e. The Bertz CT molecular complexity index is 940. The number of alkyl halides is 2. The first kappa shape index (κ1) is 22.9. The molecule has 0 saturated carbocycles. The van der Waals surface area contributed by atoms with Crippen molar-refractivity contribution in [3.8, 4) is 5.75 Å². The van der Waals surface area contributed by atoms with Gasteiger partial charge in [0.05, 0.1) is 13.2 Å². The number of halogens is 2. The van der Waals surface area contributed by atoms with Crippen LogP contribution in [-0.4, -0.2) is 67.1 Å². The number of amides is 2. The minimum atomic E-state index is -3.70. The van der Waals surface area contributed by atoms with Crippen molar-refractivity contribution in [2.45, 2.75) is 32.8 Å². The molecule has 1 atom stereocenters. The number of hydrogen-bond acceptors (Lipinski definition) is 4. The topological polar surface area (TPSA) is 59.1 Å². The second kappa shape index (κ2) is 9.60. The van der Waals surface area contributed by atoms with Crippen LogP contribution in [0.15, 0.2) is 36.4 Å². The molecule has 0 N–H and O–H groups in total. The van der Waals surface area contributed by atoms with Gasteiger partial charge in [0.1, 0.15) is 5.75 Å². The lowest BCUT2D eigenvalue weighted by atomic mass is 9.98. The summed E-state index contributed by atoms with van der Waals surface area (Å²) in [4.78, 5) is 27.9. The summed E-state index contributed by atoms with van der Waals surface area (Å²) >= 11 is 0. The van der Waals surface area contributed by atoms with Crippen molar-refractivity contribution in [2.75, 3.05) is 39.4 Å². The van der Waals surface area contributed by atoms with Gasteiger partial charge in [0.2, 0.25) is 0 Å². The summed E-state index contributed by atoms with van der Waals surface area (Å²) in [6.45, 7) is 7.27. The van der Waals surface area contributed by atoms with E-state index in [0.717, 1.165) is 4.90 Å². The molecule has 0 bridgehead atoms. The third-order valence-electron chi connectivity index (χ3n) is 5.52. The van der Waals surface area contributed by atoms with Gasteiger partial charge in [-0.3, -0.25) is 9.59 Å². The molecule has 2 aromatic carbocycles. The van der Waals surface area contributed by atoms with Crippen LogP contribution in [0, 0.1) is 0 Å².